The lowest BCUT2D eigenvalue weighted by atomic mass is 10.1. The number of benzene rings is 2. The van der Waals surface area contributed by atoms with Crippen LogP contribution in [-0.4, -0.2) is 35.5 Å². The highest BCUT2D eigenvalue weighted by Gasteiger charge is 2.13. The van der Waals surface area contributed by atoms with Crippen molar-refractivity contribution in [2.45, 2.75) is 6.54 Å². The van der Waals surface area contributed by atoms with Crippen LogP contribution in [0.4, 0.5) is 4.39 Å². The van der Waals surface area contributed by atoms with Crippen LogP contribution in [-0.2, 0) is 6.54 Å². The van der Waals surface area contributed by atoms with Crippen molar-refractivity contribution >= 4 is 5.52 Å². The second-order valence-corrected chi connectivity index (χ2v) is 6.63. The molecule has 0 bridgehead atoms. The first-order valence-corrected chi connectivity index (χ1v) is 9.17. The van der Waals surface area contributed by atoms with Crippen molar-refractivity contribution in [3.63, 3.8) is 0 Å². The van der Waals surface area contributed by atoms with Crippen LogP contribution in [0.25, 0.3) is 16.8 Å². The summed E-state index contributed by atoms with van der Waals surface area (Å²) in [4.78, 5) is 12.9. The van der Waals surface area contributed by atoms with Gasteiger partial charge in [0.05, 0.1) is 33.6 Å². The lowest BCUT2D eigenvalue weighted by Gasteiger charge is -2.08. The average molecular weight is 409 g/mol. The zero-order chi connectivity index (χ0) is 21.3. The Labute approximate surface area is 171 Å². The minimum atomic E-state index is -0.468. The summed E-state index contributed by atoms with van der Waals surface area (Å²) >= 11 is 0. The molecule has 2 aromatic carbocycles. The van der Waals surface area contributed by atoms with E-state index in [2.05, 4.69) is 5.10 Å². The molecular formula is C22H20FN3O4. The Balaban J connectivity index is 1.70. The topological polar surface area (TPSA) is 67.0 Å². The number of halogens is 1. The fraction of sp³-hybridized carbons (Fsp3) is 0.182. The van der Waals surface area contributed by atoms with Gasteiger partial charge < -0.3 is 18.8 Å². The molecule has 0 radical (unpaired) electrons. The Hall–Kier alpha value is -3.81. The fourth-order valence-corrected chi connectivity index (χ4v) is 3.29. The van der Waals surface area contributed by atoms with Gasteiger partial charge >= 0.3 is 0 Å². The molecule has 0 spiro atoms. The van der Waals surface area contributed by atoms with E-state index >= 15 is 0 Å². The Morgan fingerprint density at radius 2 is 1.63 bits per heavy atom. The van der Waals surface area contributed by atoms with Gasteiger partial charge in [0.15, 0.2) is 23.1 Å². The first-order chi connectivity index (χ1) is 14.5. The van der Waals surface area contributed by atoms with E-state index in [0.717, 1.165) is 5.56 Å². The van der Waals surface area contributed by atoms with Crippen molar-refractivity contribution in [2.75, 3.05) is 21.3 Å². The molecule has 8 heteroatoms. The SMILES string of the molecule is COc1ccc(Cn2ccn3nc(-c4ccc(OC)c(OC)c4)cc3c2=O)cc1F. The number of hydrogen-bond acceptors (Lipinski definition) is 5. The van der Waals surface area contributed by atoms with Gasteiger partial charge in [-0.2, -0.15) is 5.10 Å². The predicted octanol–water partition coefficient (Wildman–Crippen LogP) is 3.38. The fourth-order valence-electron chi connectivity index (χ4n) is 3.29. The summed E-state index contributed by atoms with van der Waals surface area (Å²) in [7, 11) is 4.54. The molecule has 0 atom stereocenters. The van der Waals surface area contributed by atoms with Crippen LogP contribution in [0.3, 0.4) is 0 Å². The van der Waals surface area contributed by atoms with Gasteiger partial charge in [-0.05, 0) is 42.0 Å². The van der Waals surface area contributed by atoms with Gasteiger partial charge in [0.2, 0.25) is 0 Å². The lowest BCUT2D eigenvalue weighted by Crippen LogP contribution is -2.21. The van der Waals surface area contributed by atoms with Crippen LogP contribution in [0.1, 0.15) is 5.56 Å². The van der Waals surface area contributed by atoms with Gasteiger partial charge in [-0.25, -0.2) is 8.91 Å². The molecule has 2 heterocycles. The van der Waals surface area contributed by atoms with Crippen LogP contribution >= 0.6 is 0 Å². The van der Waals surface area contributed by atoms with Gasteiger partial charge in [-0.3, -0.25) is 4.79 Å². The standard InChI is InChI=1S/C22H20FN3O4/c1-28-19-6-4-14(10-16(19)23)13-25-8-9-26-18(22(25)27)12-17(24-26)15-5-7-20(29-2)21(11-15)30-3/h4-12H,13H2,1-3H3. The lowest BCUT2D eigenvalue weighted by molar-refractivity contribution is 0.355. The normalized spacial score (nSPS) is 10.9. The number of ether oxygens (including phenoxy) is 3. The predicted molar refractivity (Wildman–Crippen MR) is 110 cm³/mol. The number of methoxy groups -OCH3 is 3. The summed E-state index contributed by atoms with van der Waals surface area (Å²) in [5.41, 5.74) is 2.25. The Morgan fingerprint density at radius 1 is 0.900 bits per heavy atom. The van der Waals surface area contributed by atoms with Gasteiger partial charge in [0.1, 0.15) is 5.52 Å². The second kappa shape index (κ2) is 7.90. The van der Waals surface area contributed by atoms with Crippen molar-refractivity contribution in [3.8, 4) is 28.5 Å². The molecule has 0 saturated heterocycles. The maximum absolute atomic E-state index is 14.0. The highest BCUT2D eigenvalue weighted by Crippen LogP contribution is 2.31. The minimum Gasteiger partial charge on any atom is -0.494 e. The van der Waals surface area contributed by atoms with Crippen molar-refractivity contribution in [3.05, 3.63) is 76.6 Å². The number of hydrogen-bond donors (Lipinski definition) is 0. The molecule has 0 fully saturated rings. The number of fused-ring (bicyclic) bond motifs is 1. The van der Waals surface area contributed by atoms with E-state index in [1.807, 2.05) is 6.07 Å². The van der Waals surface area contributed by atoms with Crippen molar-refractivity contribution in [2.24, 2.45) is 0 Å². The third kappa shape index (κ3) is 3.47. The summed E-state index contributed by atoms with van der Waals surface area (Å²) < 4.78 is 32.5. The van der Waals surface area contributed by atoms with Crippen molar-refractivity contribution < 1.29 is 18.6 Å². The van der Waals surface area contributed by atoms with Crippen LogP contribution in [0.2, 0.25) is 0 Å². The summed E-state index contributed by atoms with van der Waals surface area (Å²) in [6, 6.07) is 11.8. The van der Waals surface area contributed by atoms with Crippen LogP contribution in [0.5, 0.6) is 17.2 Å². The van der Waals surface area contributed by atoms with E-state index < -0.39 is 5.82 Å². The maximum Gasteiger partial charge on any atom is 0.276 e. The molecule has 0 amide bonds. The molecular weight excluding hydrogens is 389 g/mol. The third-order valence-electron chi connectivity index (χ3n) is 4.85. The molecule has 154 valence electrons. The first-order valence-electron chi connectivity index (χ1n) is 9.17. The van der Waals surface area contributed by atoms with Crippen molar-refractivity contribution in [1.29, 1.82) is 0 Å². The number of rotatable bonds is 6. The average Bonchev–Trinajstić information content (AvgIpc) is 3.20. The molecule has 0 aliphatic rings. The molecule has 0 aliphatic carbocycles. The minimum absolute atomic E-state index is 0.164. The van der Waals surface area contributed by atoms with Crippen LogP contribution < -0.4 is 19.8 Å². The first kappa shape index (κ1) is 19.5. The molecule has 0 aliphatic heterocycles. The number of nitrogens with zero attached hydrogens (tertiary/aromatic N) is 3. The van der Waals surface area contributed by atoms with E-state index in [0.29, 0.717) is 28.3 Å². The highest BCUT2D eigenvalue weighted by molar-refractivity contribution is 5.68. The van der Waals surface area contributed by atoms with Gasteiger partial charge in [0.25, 0.3) is 5.56 Å². The number of aromatic nitrogens is 3. The zero-order valence-electron chi connectivity index (χ0n) is 16.8. The molecule has 0 saturated carbocycles. The van der Waals surface area contributed by atoms with E-state index in [1.54, 1.807) is 56.9 Å². The molecule has 0 N–H and O–H groups in total. The Morgan fingerprint density at radius 3 is 2.33 bits per heavy atom. The monoisotopic (exact) mass is 409 g/mol. The summed E-state index contributed by atoms with van der Waals surface area (Å²) in [6.45, 7) is 0.229. The zero-order valence-corrected chi connectivity index (χ0v) is 16.8. The summed E-state index contributed by atoms with van der Waals surface area (Å²) in [5, 5.41) is 4.49. The molecule has 4 rings (SSSR count). The summed E-state index contributed by atoms with van der Waals surface area (Å²) in [6.07, 6.45) is 3.32. The van der Waals surface area contributed by atoms with Crippen molar-refractivity contribution in [1.82, 2.24) is 14.2 Å². The van der Waals surface area contributed by atoms with Crippen LogP contribution in [0, 0.1) is 5.82 Å². The molecule has 0 unspecified atom stereocenters. The molecule has 4 aromatic rings. The smallest absolute Gasteiger partial charge is 0.276 e. The van der Waals surface area contributed by atoms with E-state index in [-0.39, 0.29) is 17.9 Å². The summed E-state index contributed by atoms with van der Waals surface area (Å²) in [5.74, 6) is 0.881. The third-order valence-corrected chi connectivity index (χ3v) is 4.85. The molecule has 7 nitrogen and oxygen atoms in total. The van der Waals surface area contributed by atoms with Gasteiger partial charge in [0, 0.05) is 18.0 Å². The molecule has 2 aromatic heterocycles. The van der Waals surface area contributed by atoms with E-state index in [4.69, 9.17) is 14.2 Å². The van der Waals surface area contributed by atoms with E-state index in [1.165, 1.54) is 22.3 Å². The second-order valence-electron chi connectivity index (χ2n) is 6.63. The van der Waals surface area contributed by atoms with Crippen LogP contribution in [0.15, 0.2) is 59.7 Å². The highest BCUT2D eigenvalue weighted by atomic mass is 19.1. The quantitative estimate of drug-likeness (QED) is 0.489. The maximum atomic E-state index is 14.0. The molecule has 30 heavy (non-hydrogen) atoms. The van der Waals surface area contributed by atoms with Gasteiger partial charge in [-0.1, -0.05) is 6.07 Å². The largest absolute Gasteiger partial charge is 0.494 e. The van der Waals surface area contributed by atoms with E-state index in [9.17, 15) is 9.18 Å². The Bertz CT molecular complexity index is 1280. The Kier molecular flexibility index (Phi) is 5.14. The van der Waals surface area contributed by atoms with Gasteiger partial charge in [-0.15, -0.1) is 0 Å².